The van der Waals surface area contributed by atoms with Gasteiger partial charge in [-0.15, -0.1) is 0 Å². The Morgan fingerprint density at radius 3 is 2.52 bits per heavy atom. The molecule has 0 bridgehead atoms. The Bertz CT molecular complexity index is 690. The van der Waals surface area contributed by atoms with E-state index in [2.05, 4.69) is 25.9 Å². The van der Waals surface area contributed by atoms with Crippen molar-refractivity contribution >= 4 is 11.9 Å². The number of hydrogen-bond acceptors (Lipinski definition) is 4. The van der Waals surface area contributed by atoms with Gasteiger partial charge in [-0.05, 0) is 19.4 Å². The zero-order valence-electron chi connectivity index (χ0n) is 14.9. The first-order valence-corrected chi connectivity index (χ1v) is 8.26. The van der Waals surface area contributed by atoms with Gasteiger partial charge in [0.15, 0.2) is 5.96 Å². The van der Waals surface area contributed by atoms with Crippen molar-refractivity contribution in [2.24, 2.45) is 4.99 Å². The smallest absolute Gasteiger partial charge is 0.222 e. The molecule has 1 aromatic carbocycles. The highest BCUT2D eigenvalue weighted by Gasteiger charge is 2.07. The predicted octanol–water partition coefficient (Wildman–Crippen LogP) is 1.66. The molecule has 0 atom stereocenters. The summed E-state index contributed by atoms with van der Waals surface area (Å²) in [5.74, 6) is 2.02. The van der Waals surface area contributed by atoms with Crippen LogP contribution in [0.1, 0.15) is 29.3 Å². The van der Waals surface area contributed by atoms with Crippen molar-refractivity contribution in [2.75, 3.05) is 13.6 Å². The van der Waals surface area contributed by atoms with Crippen molar-refractivity contribution in [1.82, 2.24) is 20.9 Å². The molecule has 0 aliphatic carbocycles. The summed E-state index contributed by atoms with van der Waals surface area (Å²) >= 11 is 0. The van der Waals surface area contributed by atoms with Gasteiger partial charge in [-0.2, -0.15) is 0 Å². The van der Waals surface area contributed by atoms with Crippen molar-refractivity contribution < 1.29 is 9.21 Å². The largest absolute Gasteiger partial charge is 0.444 e. The Labute approximate surface area is 147 Å². The van der Waals surface area contributed by atoms with Crippen molar-refractivity contribution in [3.8, 4) is 0 Å². The highest BCUT2D eigenvalue weighted by atomic mass is 16.4. The van der Waals surface area contributed by atoms with Gasteiger partial charge in [-0.1, -0.05) is 30.3 Å². The SMILES string of the molecule is CN=C(NCCC(=O)NCc1ccccc1)NCc1nc(C)c(C)o1. The fourth-order valence-electron chi connectivity index (χ4n) is 2.17. The fraction of sp³-hybridized carbons (Fsp3) is 0.389. The second-order valence-electron chi connectivity index (χ2n) is 5.61. The Kier molecular flexibility index (Phi) is 7.00. The molecular formula is C18H25N5O2. The van der Waals surface area contributed by atoms with Gasteiger partial charge in [0.1, 0.15) is 5.76 Å². The van der Waals surface area contributed by atoms with Crippen LogP contribution in [-0.4, -0.2) is 30.4 Å². The van der Waals surface area contributed by atoms with Gasteiger partial charge >= 0.3 is 0 Å². The number of nitrogens with one attached hydrogen (secondary N) is 3. The quantitative estimate of drug-likeness (QED) is 0.525. The van der Waals surface area contributed by atoms with Crippen LogP contribution in [0.4, 0.5) is 0 Å². The van der Waals surface area contributed by atoms with Crippen LogP contribution < -0.4 is 16.0 Å². The molecule has 7 nitrogen and oxygen atoms in total. The summed E-state index contributed by atoms with van der Waals surface area (Å²) < 4.78 is 5.51. The van der Waals surface area contributed by atoms with E-state index in [4.69, 9.17) is 4.42 Å². The third kappa shape index (κ3) is 6.29. The van der Waals surface area contributed by atoms with Crippen molar-refractivity contribution in [3.05, 3.63) is 53.2 Å². The molecule has 0 spiro atoms. The first-order chi connectivity index (χ1) is 12.1. The Morgan fingerprint density at radius 2 is 1.88 bits per heavy atom. The number of aromatic nitrogens is 1. The number of hydrogen-bond donors (Lipinski definition) is 3. The highest BCUT2D eigenvalue weighted by molar-refractivity contribution is 5.81. The first kappa shape index (κ1) is 18.5. The molecule has 0 saturated carbocycles. The monoisotopic (exact) mass is 343 g/mol. The average Bonchev–Trinajstić information content (AvgIpc) is 2.95. The number of guanidine groups is 1. The Morgan fingerprint density at radius 1 is 1.12 bits per heavy atom. The first-order valence-electron chi connectivity index (χ1n) is 8.26. The lowest BCUT2D eigenvalue weighted by molar-refractivity contribution is -0.121. The molecule has 0 aliphatic heterocycles. The van der Waals surface area contributed by atoms with Crippen LogP contribution in [0, 0.1) is 13.8 Å². The molecule has 7 heteroatoms. The lowest BCUT2D eigenvalue weighted by Gasteiger charge is -2.10. The molecular weight excluding hydrogens is 318 g/mol. The van der Waals surface area contributed by atoms with Crippen LogP contribution in [-0.2, 0) is 17.9 Å². The summed E-state index contributed by atoms with van der Waals surface area (Å²) in [5.41, 5.74) is 1.97. The molecule has 1 amide bonds. The molecule has 0 radical (unpaired) electrons. The van der Waals surface area contributed by atoms with Crippen molar-refractivity contribution in [1.29, 1.82) is 0 Å². The van der Waals surface area contributed by atoms with Crippen LogP contribution in [0.25, 0.3) is 0 Å². The summed E-state index contributed by atoms with van der Waals surface area (Å²) in [6.45, 7) is 5.25. The molecule has 1 heterocycles. The maximum atomic E-state index is 11.9. The number of oxazole rings is 1. The predicted molar refractivity (Wildman–Crippen MR) is 97.1 cm³/mol. The second-order valence-corrected chi connectivity index (χ2v) is 5.61. The average molecular weight is 343 g/mol. The maximum absolute atomic E-state index is 11.9. The van der Waals surface area contributed by atoms with Crippen LogP contribution in [0.3, 0.4) is 0 Å². The summed E-state index contributed by atoms with van der Waals surface area (Å²) in [5, 5.41) is 9.10. The lowest BCUT2D eigenvalue weighted by atomic mass is 10.2. The van der Waals surface area contributed by atoms with Crippen molar-refractivity contribution in [2.45, 2.75) is 33.4 Å². The van der Waals surface area contributed by atoms with Crippen LogP contribution >= 0.6 is 0 Å². The number of amides is 1. The molecule has 0 aliphatic rings. The van der Waals surface area contributed by atoms with Crippen molar-refractivity contribution in [3.63, 3.8) is 0 Å². The minimum absolute atomic E-state index is 0.00856. The van der Waals surface area contributed by atoms with E-state index in [-0.39, 0.29) is 5.91 Å². The van der Waals surface area contributed by atoms with Gasteiger partial charge in [0.2, 0.25) is 11.8 Å². The fourth-order valence-corrected chi connectivity index (χ4v) is 2.17. The van der Waals surface area contributed by atoms with Gasteiger partial charge in [0, 0.05) is 26.6 Å². The summed E-state index contributed by atoms with van der Waals surface area (Å²) in [6, 6.07) is 9.83. The molecule has 134 valence electrons. The number of carbonyl (C=O) groups excluding carboxylic acids is 1. The highest BCUT2D eigenvalue weighted by Crippen LogP contribution is 2.07. The second kappa shape index (κ2) is 9.46. The minimum atomic E-state index is -0.00856. The van der Waals surface area contributed by atoms with E-state index < -0.39 is 0 Å². The molecule has 1 aromatic heterocycles. The van der Waals surface area contributed by atoms with E-state index >= 15 is 0 Å². The third-order valence-corrected chi connectivity index (χ3v) is 3.68. The van der Waals surface area contributed by atoms with E-state index in [1.807, 2.05) is 44.2 Å². The molecule has 0 unspecified atom stereocenters. The number of rotatable bonds is 7. The number of aliphatic imine (C=N–C) groups is 1. The molecule has 2 rings (SSSR count). The number of aryl methyl sites for hydroxylation is 2. The molecule has 25 heavy (non-hydrogen) atoms. The van der Waals surface area contributed by atoms with Gasteiger partial charge < -0.3 is 20.4 Å². The van der Waals surface area contributed by atoms with Gasteiger partial charge in [-0.3, -0.25) is 9.79 Å². The summed E-state index contributed by atoms with van der Waals surface area (Å²) in [4.78, 5) is 20.3. The van der Waals surface area contributed by atoms with Crippen LogP contribution in [0.2, 0.25) is 0 Å². The minimum Gasteiger partial charge on any atom is -0.444 e. The van der Waals surface area contributed by atoms with Crippen LogP contribution in [0.15, 0.2) is 39.7 Å². The molecule has 3 N–H and O–H groups in total. The summed E-state index contributed by atoms with van der Waals surface area (Å²) in [6.07, 6.45) is 0.366. The normalized spacial score (nSPS) is 11.2. The third-order valence-electron chi connectivity index (χ3n) is 3.68. The molecule has 2 aromatic rings. The number of carbonyl (C=O) groups is 1. The Balaban J connectivity index is 1.65. The molecule has 0 saturated heterocycles. The van der Waals surface area contributed by atoms with E-state index in [0.29, 0.717) is 37.9 Å². The van der Waals surface area contributed by atoms with Gasteiger partial charge in [0.05, 0.1) is 12.2 Å². The summed E-state index contributed by atoms with van der Waals surface area (Å²) in [7, 11) is 1.68. The van der Waals surface area contributed by atoms with E-state index in [1.54, 1.807) is 7.05 Å². The lowest BCUT2D eigenvalue weighted by Crippen LogP contribution is -2.39. The van der Waals surface area contributed by atoms with Gasteiger partial charge in [0.25, 0.3) is 0 Å². The maximum Gasteiger partial charge on any atom is 0.222 e. The van der Waals surface area contributed by atoms with Crippen LogP contribution in [0.5, 0.6) is 0 Å². The van der Waals surface area contributed by atoms with E-state index in [1.165, 1.54) is 0 Å². The van der Waals surface area contributed by atoms with E-state index in [9.17, 15) is 4.79 Å². The standard InChI is InChI=1S/C18H25N5O2/c1-13-14(2)25-17(23-13)12-22-18(19-3)20-10-9-16(24)21-11-15-7-5-4-6-8-15/h4-8H,9-12H2,1-3H3,(H,21,24)(H2,19,20,22). The zero-order chi connectivity index (χ0) is 18.1. The molecule has 0 fully saturated rings. The van der Waals surface area contributed by atoms with Gasteiger partial charge in [-0.25, -0.2) is 4.98 Å². The number of nitrogens with zero attached hydrogens (tertiary/aromatic N) is 2. The topological polar surface area (TPSA) is 91.5 Å². The Hall–Kier alpha value is -2.83. The zero-order valence-corrected chi connectivity index (χ0v) is 14.9. The number of benzene rings is 1. The van der Waals surface area contributed by atoms with E-state index in [0.717, 1.165) is 17.0 Å².